The summed E-state index contributed by atoms with van der Waals surface area (Å²) in [4.78, 5) is 0. The van der Waals surface area contributed by atoms with Gasteiger partial charge in [0.05, 0.1) is 0 Å². The van der Waals surface area contributed by atoms with Gasteiger partial charge in [-0.15, -0.1) is 0 Å². The molecule has 1 heterocycles. The molecule has 0 bridgehead atoms. The molecule has 0 radical (unpaired) electrons. The monoisotopic (exact) mass is 179 g/mol. The smallest absolute Gasteiger partial charge is 0.139 e. The number of alkyl halides is 1. The van der Waals surface area contributed by atoms with Crippen LogP contribution in [0.2, 0.25) is 0 Å². The van der Waals surface area contributed by atoms with Gasteiger partial charge < -0.3 is 5.32 Å². The highest BCUT2D eigenvalue weighted by Crippen LogP contribution is 2.23. The molecule has 0 aromatic heterocycles. The van der Waals surface area contributed by atoms with E-state index in [2.05, 4.69) is 5.32 Å². The third-order valence-electron chi connectivity index (χ3n) is 2.65. The standard InChI is InChI=1S/C11H14FN/c1-9-4-2-3-5-10(9)6-11(12)7-13-8-11/h2-5,13H,6-8H2,1H3. The maximum atomic E-state index is 13.7. The summed E-state index contributed by atoms with van der Waals surface area (Å²) < 4.78 is 13.7. The quantitative estimate of drug-likeness (QED) is 0.730. The molecule has 1 aromatic rings. The van der Waals surface area contributed by atoms with Crippen LogP contribution >= 0.6 is 0 Å². The fourth-order valence-corrected chi connectivity index (χ4v) is 1.67. The second-order valence-electron chi connectivity index (χ2n) is 3.86. The summed E-state index contributed by atoms with van der Waals surface area (Å²) in [6.45, 7) is 3.04. The SMILES string of the molecule is Cc1ccccc1CC1(F)CNC1. The Morgan fingerprint density at radius 1 is 1.38 bits per heavy atom. The van der Waals surface area contributed by atoms with Gasteiger partial charge in [-0.25, -0.2) is 4.39 Å². The van der Waals surface area contributed by atoms with Crippen molar-refractivity contribution in [1.82, 2.24) is 5.32 Å². The van der Waals surface area contributed by atoms with Crippen molar-refractivity contribution in [2.45, 2.75) is 19.0 Å². The zero-order valence-electron chi connectivity index (χ0n) is 7.81. The average molecular weight is 179 g/mol. The Hall–Kier alpha value is -0.890. The van der Waals surface area contributed by atoms with E-state index in [0.29, 0.717) is 19.5 Å². The number of rotatable bonds is 2. The van der Waals surface area contributed by atoms with Gasteiger partial charge in [-0.05, 0) is 18.1 Å². The van der Waals surface area contributed by atoms with Crippen molar-refractivity contribution < 1.29 is 4.39 Å². The van der Waals surface area contributed by atoms with Gasteiger partial charge in [0, 0.05) is 19.5 Å². The molecule has 0 amide bonds. The Morgan fingerprint density at radius 3 is 2.62 bits per heavy atom. The summed E-state index contributed by atoms with van der Waals surface area (Å²) in [5.74, 6) is 0. The number of benzene rings is 1. The maximum Gasteiger partial charge on any atom is 0.139 e. The molecule has 70 valence electrons. The molecule has 1 fully saturated rings. The zero-order chi connectivity index (χ0) is 9.31. The second-order valence-corrected chi connectivity index (χ2v) is 3.86. The minimum atomic E-state index is -0.994. The van der Waals surface area contributed by atoms with Gasteiger partial charge in [-0.2, -0.15) is 0 Å². The molecule has 0 spiro atoms. The van der Waals surface area contributed by atoms with Crippen molar-refractivity contribution in [3.63, 3.8) is 0 Å². The van der Waals surface area contributed by atoms with Gasteiger partial charge in [0.25, 0.3) is 0 Å². The topological polar surface area (TPSA) is 12.0 Å². The summed E-state index contributed by atoms with van der Waals surface area (Å²) in [5.41, 5.74) is 1.32. The molecular formula is C11H14FN. The molecule has 0 aliphatic carbocycles. The summed E-state index contributed by atoms with van der Waals surface area (Å²) in [6, 6.07) is 8.00. The van der Waals surface area contributed by atoms with Gasteiger partial charge in [0.2, 0.25) is 0 Å². The summed E-state index contributed by atoms with van der Waals surface area (Å²) in [6.07, 6.45) is 0.548. The minimum absolute atomic E-state index is 0.501. The molecule has 1 aliphatic heterocycles. The van der Waals surface area contributed by atoms with Crippen LogP contribution in [0.4, 0.5) is 4.39 Å². The van der Waals surface area contributed by atoms with Crippen LogP contribution in [0, 0.1) is 6.92 Å². The van der Waals surface area contributed by atoms with E-state index in [1.165, 1.54) is 5.56 Å². The average Bonchev–Trinajstić information content (AvgIpc) is 2.06. The molecule has 0 atom stereocenters. The van der Waals surface area contributed by atoms with Crippen molar-refractivity contribution in [2.24, 2.45) is 0 Å². The first kappa shape index (κ1) is 8.70. The van der Waals surface area contributed by atoms with E-state index in [-0.39, 0.29) is 0 Å². The maximum absolute atomic E-state index is 13.7. The normalized spacial score (nSPS) is 19.5. The number of hydrogen-bond acceptors (Lipinski definition) is 1. The van der Waals surface area contributed by atoms with E-state index in [0.717, 1.165) is 5.56 Å². The fraction of sp³-hybridized carbons (Fsp3) is 0.455. The van der Waals surface area contributed by atoms with Crippen molar-refractivity contribution in [3.8, 4) is 0 Å². The van der Waals surface area contributed by atoms with Crippen LogP contribution in [-0.2, 0) is 6.42 Å². The second kappa shape index (κ2) is 3.11. The lowest BCUT2D eigenvalue weighted by Gasteiger charge is -2.35. The van der Waals surface area contributed by atoms with Crippen molar-refractivity contribution >= 4 is 0 Å². The van der Waals surface area contributed by atoms with Crippen molar-refractivity contribution in [3.05, 3.63) is 35.4 Å². The van der Waals surface area contributed by atoms with Gasteiger partial charge in [-0.3, -0.25) is 0 Å². The fourth-order valence-electron chi connectivity index (χ4n) is 1.67. The Morgan fingerprint density at radius 2 is 2.08 bits per heavy atom. The highest BCUT2D eigenvalue weighted by molar-refractivity contribution is 5.28. The molecule has 13 heavy (non-hydrogen) atoms. The molecule has 1 nitrogen and oxygen atoms in total. The van der Waals surface area contributed by atoms with Crippen LogP contribution < -0.4 is 5.32 Å². The number of hydrogen-bond donors (Lipinski definition) is 1. The molecule has 2 rings (SSSR count). The van der Waals surface area contributed by atoms with Crippen LogP contribution in [0.15, 0.2) is 24.3 Å². The van der Waals surface area contributed by atoms with E-state index in [9.17, 15) is 4.39 Å². The minimum Gasteiger partial charge on any atom is -0.310 e. The van der Waals surface area contributed by atoms with Crippen LogP contribution in [0.25, 0.3) is 0 Å². The first-order valence-electron chi connectivity index (χ1n) is 4.64. The first-order chi connectivity index (χ1) is 6.20. The van der Waals surface area contributed by atoms with Crippen LogP contribution in [0.3, 0.4) is 0 Å². The molecule has 0 unspecified atom stereocenters. The van der Waals surface area contributed by atoms with Crippen LogP contribution in [-0.4, -0.2) is 18.8 Å². The predicted molar refractivity (Wildman–Crippen MR) is 51.6 cm³/mol. The lowest BCUT2D eigenvalue weighted by molar-refractivity contribution is 0.0910. The zero-order valence-corrected chi connectivity index (χ0v) is 7.81. The van der Waals surface area contributed by atoms with E-state index in [1.54, 1.807) is 0 Å². The molecule has 2 heteroatoms. The number of nitrogens with one attached hydrogen (secondary N) is 1. The lowest BCUT2D eigenvalue weighted by Crippen LogP contribution is -2.57. The Kier molecular flexibility index (Phi) is 2.08. The van der Waals surface area contributed by atoms with Crippen molar-refractivity contribution in [2.75, 3.05) is 13.1 Å². The number of aryl methyl sites for hydroxylation is 1. The Balaban J connectivity index is 2.13. The van der Waals surface area contributed by atoms with E-state index in [1.807, 2.05) is 31.2 Å². The molecule has 1 saturated heterocycles. The van der Waals surface area contributed by atoms with E-state index in [4.69, 9.17) is 0 Å². The van der Waals surface area contributed by atoms with E-state index < -0.39 is 5.67 Å². The summed E-state index contributed by atoms with van der Waals surface area (Å²) in [7, 11) is 0. The van der Waals surface area contributed by atoms with E-state index >= 15 is 0 Å². The predicted octanol–water partition coefficient (Wildman–Crippen LogP) is 1.85. The first-order valence-corrected chi connectivity index (χ1v) is 4.64. The highest BCUT2D eigenvalue weighted by atomic mass is 19.1. The number of halogens is 1. The van der Waals surface area contributed by atoms with Crippen LogP contribution in [0.5, 0.6) is 0 Å². The van der Waals surface area contributed by atoms with Crippen molar-refractivity contribution in [1.29, 1.82) is 0 Å². The molecule has 1 N–H and O–H groups in total. The largest absolute Gasteiger partial charge is 0.310 e. The lowest BCUT2D eigenvalue weighted by atomic mass is 9.89. The molecule has 1 aliphatic rings. The highest BCUT2D eigenvalue weighted by Gasteiger charge is 2.36. The Bertz CT molecular complexity index is 305. The summed E-state index contributed by atoms with van der Waals surface area (Å²) >= 11 is 0. The van der Waals surface area contributed by atoms with Crippen LogP contribution in [0.1, 0.15) is 11.1 Å². The van der Waals surface area contributed by atoms with Gasteiger partial charge in [0.1, 0.15) is 5.67 Å². The van der Waals surface area contributed by atoms with Gasteiger partial charge in [-0.1, -0.05) is 24.3 Å². The Labute approximate surface area is 78.0 Å². The third-order valence-corrected chi connectivity index (χ3v) is 2.65. The molecule has 0 saturated carbocycles. The van der Waals surface area contributed by atoms with Gasteiger partial charge in [0.15, 0.2) is 0 Å². The van der Waals surface area contributed by atoms with Gasteiger partial charge >= 0.3 is 0 Å². The third kappa shape index (κ3) is 1.73. The molecular weight excluding hydrogens is 165 g/mol. The molecule has 1 aromatic carbocycles. The summed E-state index contributed by atoms with van der Waals surface area (Å²) in [5, 5.41) is 2.97.